The van der Waals surface area contributed by atoms with E-state index in [4.69, 9.17) is 19.0 Å². The molecule has 8 heteroatoms. The first-order valence-corrected chi connectivity index (χ1v) is 12.4. The summed E-state index contributed by atoms with van der Waals surface area (Å²) in [6, 6.07) is 3.79. The van der Waals surface area contributed by atoms with Crippen LogP contribution in [0.3, 0.4) is 0 Å². The predicted molar refractivity (Wildman–Crippen MR) is 132 cm³/mol. The molecule has 3 aliphatic rings. The largest absolute Gasteiger partial charge is 0.496 e. The summed E-state index contributed by atoms with van der Waals surface area (Å²) in [6.07, 6.45) is 5.93. The van der Waals surface area contributed by atoms with Crippen molar-refractivity contribution in [2.75, 3.05) is 27.4 Å². The maximum Gasteiger partial charge on any atom is 0.315 e. The molecule has 1 aromatic carbocycles. The van der Waals surface area contributed by atoms with Gasteiger partial charge in [-0.15, -0.1) is 10.1 Å². The Hall–Kier alpha value is -2.77. The number of fused-ring (bicyclic) bond motifs is 1. The number of ether oxygens (including phenoxy) is 3. The van der Waals surface area contributed by atoms with E-state index in [1.54, 1.807) is 14.2 Å². The van der Waals surface area contributed by atoms with Gasteiger partial charge >= 0.3 is 5.97 Å². The second-order valence-electron chi connectivity index (χ2n) is 10.7. The topological polar surface area (TPSA) is 97.1 Å². The average Bonchev–Trinajstić information content (AvgIpc) is 2.83. The van der Waals surface area contributed by atoms with Crippen molar-refractivity contribution in [3.05, 3.63) is 45.0 Å². The van der Waals surface area contributed by atoms with E-state index in [0.29, 0.717) is 24.0 Å². The van der Waals surface area contributed by atoms with Crippen molar-refractivity contribution in [1.82, 2.24) is 0 Å². The van der Waals surface area contributed by atoms with E-state index in [0.717, 1.165) is 42.4 Å². The van der Waals surface area contributed by atoms with Crippen molar-refractivity contribution in [1.29, 1.82) is 0 Å². The van der Waals surface area contributed by atoms with Gasteiger partial charge in [0.05, 0.1) is 26.2 Å². The van der Waals surface area contributed by atoms with Gasteiger partial charge in [-0.1, -0.05) is 39.7 Å². The minimum atomic E-state index is -0.890. The molecule has 0 radical (unpaired) electrons. The van der Waals surface area contributed by atoms with Crippen LogP contribution in [0.1, 0.15) is 77.3 Å². The molecule has 1 fully saturated rings. The number of esters is 1. The molecule has 0 spiro atoms. The molecular formula is C27H39NO7. The third-order valence-electron chi connectivity index (χ3n) is 8.05. The maximum atomic E-state index is 12.9. The van der Waals surface area contributed by atoms with E-state index >= 15 is 0 Å². The van der Waals surface area contributed by atoms with Crippen LogP contribution in [-0.4, -0.2) is 38.5 Å². The van der Waals surface area contributed by atoms with Gasteiger partial charge in [-0.05, 0) is 67.2 Å². The molecular weight excluding hydrogens is 450 g/mol. The third-order valence-corrected chi connectivity index (χ3v) is 8.05. The van der Waals surface area contributed by atoms with Crippen LogP contribution in [0, 0.1) is 27.4 Å². The van der Waals surface area contributed by atoms with Gasteiger partial charge in [-0.2, -0.15) is 0 Å². The lowest BCUT2D eigenvalue weighted by Crippen LogP contribution is -2.52. The first-order chi connectivity index (χ1) is 16.5. The second kappa shape index (κ2) is 10.5. The molecule has 1 saturated carbocycles. The molecule has 3 atom stereocenters. The molecule has 2 bridgehead atoms. The van der Waals surface area contributed by atoms with Crippen molar-refractivity contribution >= 4 is 5.97 Å². The van der Waals surface area contributed by atoms with Crippen LogP contribution in [0.2, 0.25) is 0 Å². The van der Waals surface area contributed by atoms with Crippen LogP contribution in [-0.2, 0) is 19.8 Å². The fraction of sp³-hybridized carbons (Fsp3) is 0.667. The van der Waals surface area contributed by atoms with E-state index in [1.807, 2.05) is 26.0 Å². The SMILES string of the molecule is CCCCCOC(=O)C(C)(C)c1cc(OC)c([C@H]2C=C(CO[N+](=O)[O-])[C@H]3C[C@H]2C3(C)C)c(OC)c1. The number of carbonyl (C=O) groups excluding carboxylic acids is 1. The molecule has 0 aromatic heterocycles. The van der Waals surface area contributed by atoms with Gasteiger partial charge in [-0.25, -0.2) is 0 Å². The minimum absolute atomic E-state index is 0.0367. The molecule has 35 heavy (non-hydrogen) atoms. The Bertz CT molecular complexity index is 957. The summed E-state index contributed by atoms with van der Waals surface area (Å²) in [5, 5.41) is 10.1. The Kier molecular flexibility index (Phi) is 8.02. The molecule has 0 amide bonds. The number of unbranched alkanes of at least 4 members (excludes halogenated alkanes) is 2. The fourth-order valence-electron chi connectivity index (χ4n) is 5.66. The van der Waals surface area contributed by atoms with Crippen LogP contribution in [0.4, 0.5) is 0 Å². The van der Waals surface area contributed by atoms with Gasteiger partial charge in [0.2, 0.25) is 0 Å². The Morgan fingerprint density at radius 1 is 1.17 bits per heavy atom. The standard InChI is InChI=1S/C27H39NO7/c1-8-9-10-11-34-25(29)26(2,3)18-13-22(32-6)24(23(14-18)33-7)19-12-17(16-35-28(30)31)20-15-21(19)27(20,4)5/h12-14,19-21H,8-11,15-16H2,1-7H3/t19-,20+,21+/m0/s1. The van der Waals surface area contributed by atoms with Crippen LogP contribution in [0.5, 0.6) is 11.5 Å². The molecule has 0 aliphatic heterocycles. The summed E-state index contributed by atoms with van der Waals surface area (Å²) in [4.78, 5) is 28.5. The highest BCUT2D eigenvalue weighted by Crippen LogP contribution is 2.65. The van der Waals surface area contributed by atoms with E-state index in [-0.39, 0.29) is 29.8 Å². The number of hydrogen-bond donors (Lipinski definition) is 0. The maximum absolute atomic E-state index is 12.9. The van der Waals surface area contributed by atoms with Gasteiger partial charge in [0, 0.05) is 11.5 Å². The number of carbonyl (C=O) groups is 1. The minimum Gasteiger partial charge on any atom is -0.496 e. The monoisotopic (exact) mass is 489 g/mol. The van der Waals surface area contributed by atoms with Gasteiger partial charge in [0.15, 0.2) is 0 Å². The Labute approximate surface area is 208 Å². The van der Waals surface area contributed by atoms with Gasteiger partial charge < -0.3 is 19.0 Å². The van der Waals surface area contributed by atoms with Crippen molar-refractivity contribution in [2.24, 2.45) is 17.3 Å². The Morgan fingerprint density at radius 3 is 2.31 bits per heavy atom. The summed E-state index contributed by atoms with van der Waals surface area (Å²) in [5.74, 6) is 1.50. The second-order valence-corrected chi connectivity index (χ2v) is 10.7. The predicted octanol–water partition coefficient (Wildman–Crippen LogP) is 5.61. The molecule has 3 aliphatic carbocycles. The van der Waals surface area contributed by atoms with Gasteiger partial charge in [0.25, 0.3) is 5.09 Å². The van der Waals surface area contributed by atoms with E-state index in [9.17, 15) is 14.9 Å². The van der Waals surface area contributed by atoms with E-state index < -0.39 is 10.5 Å². The lowest BCUT2D eigenvalue weighted by molar-refractivity contribution is -0.756. The molecule has 194 valence electrons. The highest BCUT2D eigenvalue weighted by molar-refractivity contribution is 5.83. The van der Waals surface area contributed by atoms with Gasteiger partial charge in [0.1, 0.15) is 18.1 Å². The smallest absolute Gasteiger partial charge is 0.315 e. The highest BCUT2D eigenvalue weighted by Gasteiger charge is 2.56. The van der Waals surface area contributed by atoms with Crippen molar-refractivity contribution in [3.63, 3.8) is 0 Å². The summed E-state index contributed by atoms with van der Waals surface area (Å²) >= 11 is 0. The van der Waals surface area contributed by atoms with Crippen molar-refractivity contribution < 1.29 is 28.9 Å². The quantitative estimate of drug-likeness (QED) is 0.124. The number of rotatable bonds is 12. The Balaban J connectivity index is 1.98. The normalized spacial score (nSPS) is 22.5. The summed E-state index contributed by atoms with van der Waals surface area (Å²) in [6.45, 7) is 10.6. The zero-order chi connectivity index (χ0) is 26.0. The number of methoxy groups -OCH3 is 2. The molecule has 1 aromatic rings. The first kappa shape index (κ1) is 26.8. The van der Waals surface area contributed by atoms with Crippen LogP contribution < -0.4 is 9.47 Å². The lowest BCUT2D eigenvalue weighted by Gasteiger charge is -2.59. The Morgan fingerprint density at radius 2 is 1.80 bits per heavy atom. The number of allylic oxidation sites excluding steroid dienone is 1. The number of hydrogen-bond acceptors (Lipinski definition) is 7. The van der Waals surface area contributed by atoms with Crippen molar-refractivity contribution in [3.8, 4) is 11.5 Å². The average molecular weight is 490 g/mol. The van der Waals surface area contributed by atoms with E-state index in [2.05, 4.69) is 26.8 Å². The zero-order valence-electron chi connectivity index (χ0n) is 22.0. The van der Waals surface area contributed by atoms with Crippen LogP contribution in [0.15, 0.2) is 23.8 Å². The van der Waals surface area contributed by atoms with Crippen LogP contribution >= 0.6 is 0 Å². The van der Waals surface area contributed by atoms with Gasteiger partial charge in [-0.3, -0.25) is 4.79 Å². The fourth-order valence-corrected chi connectivity index (χ4v) is 5.66. The summed E-state index contributed by atoms with van der Waals surface area (Å²) in [7, 11) is 3.21. The molecule has 0 unspecified atom stereocenters. The van der Waals surface area contributed by atoms with E-state index in [1.165, 1.54) is 0 Å². The highest BCUT2D eigenvalue weighted by atomic mass is 16.9. The molecule has 0 heterocycles. The summed E-state index contributed by atoms with van der Waals surface area (Å²) in [5.41, 5.74) is 1.64. The molecule has 0 saturated heterocycles. The third kappa shape index (κ3) is 5.11. The number of nitrogens with zero attached hydrogens (tertiary/aromatic N) is 1. The molecule has 8 nitrogen and oxygen atoms in total. The van der Waals surface area contributed by atoms with Crippen LogP contribution in [0.25, 0.3) is 0 Å². The zero-order valence-corrected chi connectivity index (χ0v) is 22.0. The lowest BCUT2D eigenvalue weighted by atomic mass is 9.45. The molecule has 0 N–H and O–H groups in total. The number of benzene rings is 1. The first-order valence-electron chi connectivity index (χ1n) is 12.4. The molecule has 4 rings (SSSR count). The van der Waals surface area contributed by atoms with Crippen molar-refractivity contribution in [2.45, 2.75) is 71.6 Å². The summed E-state index contributed by atoms with van der Waals surface area (Å²) < 4.78 is 17.2.